The number of carbonyl (C=O) groups excluding carboxylic acids is 2. The van der Waals surface area contributed by atoms with Crippen molar-refractivity contribution in [1.82, 2.24) is 4.31 Å². The van der Waals surface area contributed by atoms with E-state index in [2.05, 4.69) is 10.6 Å². The van der Waals surface area contributed by atoms with E-state index in [0.717, 1.165) is 0 Å². The van der Waals surface area contributed by atoms with Crippen molar-refractivity contribution in [3.05, 3.63) is 41.8 Å². The van der Waals surface area contributed by atoms with Gasteiger partial charge in [0.1, 0.15) is 4.21 Å². The standard InChI is InChI=1S/C21H27N3O4S2/c1-15(2)14-19(25)22-17-5-7-18(8-6-17)23-21(26)16-9-11-24(12-10-16)30(27,28)20-4-3-13-29-20/h3-8,13,15-16H,9-12,14H2,1-2H3,(H,22,25)(H,23,26). The van der Waals surface area contributed by atoms with Gasteiger partial charge in [-0.2, -0.15) is 4.31 Å². The van der Waals surface area contributed by atoms with E-state index in [0.29, 0.717) is 47.9 Å². The fraction of sp³-hybridized carbons (Fsp3) is 0.429. The number of hydrogen-bond donors (Lipinski definition) is 2. The molecule has 0 spiro atoms. The van der Waals surface area contributed by atoms with Crippen molar-refractivity contribution >= 4 is 44.5 Å². The van der Waals surface area contributed by atoms with Crippen LogP contribution in [0.4, 0.5) is 11.4 Å². The molecule has 0 radical (unpaired) electrons. The van der Waals surface area contributed by atoms with E-state index >= 15 is 0 Å². The van der Waals surface area contributed by atoms with Crippen molar-refractivity contribution in [2.75, 3.05) is 23.7 Å². The molecule has 1 fully saturated rings. The molecule has 0 aliphatic carbocycles. The van der Waals surface area contributed by atoms with E-state index in [9.17, 15) is 18.0 Å². The molecular formula is C21H27N3O4S2. The van der Waals surface area contributed by atoms with Gasteiger partial charge in [-0.15, -0.1) is 11.3 Å². The number of rotatable bonds is 7. The van der Waals surface area contributed by atoms with Gasteiger partial charge >= 0.3 is 0 Å². The molecular weight excluding hydrogens is 422 g/mol. The van der Waals surface area contributed by atoms with Gasteiger partial charge in [-0.05, 0) is 54.5 Å². The molecule has 0 atom stereocenters. The SMILES string of the molecule is CC(C)CC(=O)Nc1ccc(NC(=O)C2CCN(S(=O)(=O)c3cccs3)CC2)cc1. The first-order valence-corrected chi connectivity index (χ1v) is 12.3. The number of hydrogen-bond acceptors (Lipinski definition) is 5. The molecule has 2 N–H and O–H groups in total. The normalized spacial score (nSPS) is 15.8. The maximum absolute atomic E-state index is 12.6. The molecule has 162 valence electrons. The first-order chi connectivity index (χ1) is 14.3. The Morgan fingerprint density at radius 2 is 1.67 bits per heavy atom. The Bertz CT molecular complexity index is 962. The maximum atomic E-state index is 12.6. The first kappa shape index (κ1) is 22.5. The number of benzene rings is 1. The first-order valence-electron chi connectivity index (χ1n) is 10.00. The maximum Gasteiger partial charge on any atom is 0.252 e. The molecule has 3 rings (SSSR count). The quantitative estimate of drug-likeness (QED) is 0.673. The molecule has 2 aromatic rings. The zero-order valence-electron chi connectivity index (χ0n) is 17.1. The summed E-state index contributed by atoms with van der Waals surface area (Å²) in [6.07, 6.45) is 1.43. The zero-order valence-corrected chi connectivity index (χ0v) is 18.8. The number of anilines is 2. The van der Waals surface area contributed by atoms with Crippen LogP contribution in [0, 0.1) is 11.8 Å². The molecule has 0 unspecified atom stereocenters. The molecule has 0 saturated carbocycles. The molecule has 2 amide bonds. The van der Waals surface area contributed by atoms with Crippen LogP contribution in [0.25, 0.3) is 0 Å². The summed E-state index contributed by atoms with van der Waals surface area (Å²) in [7, 11) is -3.46. The Morgan fingerprint density at radius 1 is 1.07 bits per heavy atom. The van der Waals surface area contributed by atoms with Gasteiger partial charge in [0.15, 0.2) is 0 Å². The second-order valence-corrected chi connectivity index (χ2v) is 10.9. The number of sulfonamides is 1. The predicted molar refractivity (Wildman–Crippen MR) is 119 cm³/mol. The summed E-state index contributed by atoms with van der Waals surface area (Å²) in [4.78, 5) is 24.4. The lowest BCUT2D eigenvalue weighted by Gasteiger charge is -2.30. The van der Waals surface area contributed by atoms with E-state index in [1.165, 1.54) is 15.6 Å². The third-order valence-corrected chi connectivity index (χ3v) is 8.22. The fourth-order valence-corrected chi connectivity index (χ4v) is 5.97. The minimum atomic E-state index is -3.46. The second-order valence-electron chi connectivity index (χ2n) is 7.82. The Morgan fingerprint density at radius 3 is 2.20 bits per heavy atom. The average molecular weight is 450 g/mol. The highest BCUT2D eigenvalue weighted by Crippen LogP contribution is 2.27. The highest BCUT2D eigenvalue weighted by Gasteiger charge is 2.32. The summed E-state index contributed by atoms with van der Waals surface area (Å²) in [5.74, 6) is -0.0914. The molecule has 1 aliphatic heterocycles. The summed E-state index contributed by atoms with van der Waals surface area (Å²) in [5.41, 5.74) is 1.33. The number of nitrogens with zero attached hydrogens (tertiary/aromatic N) is 1. The number of thiophene rings is 1. The molecule has 1 aliphatic rings. The number of nitrogens with one attached hydrogen (secondary N) is 2. The fourth-order valence-electron chi connectivity index (χ4n) is 3.36. The lowest BCUT2D eigenvalue weighted by atomic mass is 9.97. The Hall–Kier alpha value is -2.23. The van der Waals surface area contributed by atoms with Crippen molar-refractivity contribution < 1.29 is 18.0 Å². The van der Waals surface area contributed by atoms with Crippen molar-refractivity contribution in [1.29, 1.82) is 0 Å². The van der Waals surface area contributed by atoms with Crippen LogP contribution in [-0.2, 0) is 19.6 Å². The monoisotopic (exact) mass is 449 g/mol. The van der Waals surface area contributed by atoms with Crippen molar-refractivity contribution in [3.63, 3.8) is 0 Å². The van der Waals surface area contributed by atoms with E-state index < -0.39 is 10.0 Å². The number of carbonyl (C=O) groups is 2. The van der Waals surface area contributed by atoms with Crippen LogP contribution in [0.1, 0.15) is 33.1 Å². The average Bonchev–Trinajstić information content (AvgIpc) is 3.25. The van der Waals surface area contributed by atoms with Crippen LogP contribution in [-0.4, -0.2) is 37.6 Å². The highest BCUT2D eigenvalue weighted by molar-refractivity contribution is 7.91. The molecule has 2 heterocycles. The summed E-state index contributed by atoms with van der Waals surface area (Å²) in [5, 5.41) is 7.47. The molecule has 30 heavy (non-hydrogen) atoms. The summed E-state index contributed by atoms with van der Waals surface area (Å²) >= 11 is 1.20. The minimum absolute atomic E-state index is 0.0361. The number of piperidine rings is 1. The van der Waals surface area contributed by atoms with E-state index in [4.69, 9.17) is 0 Å². The van der Waals surface area contributed by atoms with Gasteiger partial charge in [0.2, 0.25) is 11.8 Å². The van der Waals surface area contributed by atoms with Gasteiger partial charge < -0.3 is 10.6 Å². The summed E-state index contributed by atoms with van der Waals surface area (Å²) < 4.78 is 27.0. The van der Waals surface area contributed by atoms with Gasteiger partial charge in [-0.25, -0.2) is 8.42 Å². The van der Waals surface area contributed by atoms with E-state index in [1.807, 2.05) is 13.8 Å². The van der Waals surface area contributed by atoms with E-state index in [-0.39, 0.29) is 23.7 Å². The Balaban J connectivity index is 1.51. The van der Waals surface area contributed by atoms with Crippen LogP contribution >= 0.6 is 11.3 Å². The van der Waals surface area contributed by atoms with Crippen LogP contribution in [0.15, 0.2) is 46.0 Å². The van der Waals surface area contributed by atoms with E-state index in [1.54, 1.807) is 41.8 Å². The molecule has 7 nitrogen and oxygen atoms in total. The van der Waals surface area contributed by atoms with Crippen LogP contribution < -0.4 is 10.6 Å². The Labute approximate surface area is 181 Å². The van der Waals surface area contributed by atoms with Gasteiger partial charge in [0, 0.05) is 36.8 Å². The third kappa shape index (κ3) is 5.68. The smallest absolute Gasteiger partial charge is 0.252 e. The zero-order chi connectivity index (χ0) is 21.7. The highest BCUT2D eigenvalue weighted by atomic mass is 32.2. The number of amides is 2. The predicted octanol–water partition coefficient (Wildman–Crippen LogP) is 3.77. The van der Waals surface area contributed by atoms with Crippen LogP contribution in [0.2, 0.25) is 0 Å². The third-order valence-electron chi connectivity index (χ3n) is 4.94. The van der Waals surface area contributed by atoms with Crippen molar-refractivity contribution in [2.24, 2.45) is 11.8 Å². The molecule has 0 bridgehead atoms. The van der Waals surface area contributed by atoms with Crippen molar-refractivity contribution in [3.8, 4) is 0 Å². The lowest BCUT2D eigenvalue weighted by molar-refractivity contribution is -0.121. The minimum Gasteiger partial charge on any atom is -0.326 e. The second kappa shape index (κ2) is 9.72. The molecule has 9 heteroatoms. The van der Waals surface area contributed by atoms with Crippen LogP contribution in [0.5, 0.6) is 0 Å². The molecule has 1 aromatic carbocycles. The van der Waals surface area contributed by atoms with Gasteiger partial charge in [0.05, 0.1) is 0 Å². The lowest BCUT2D eigenvalue weighted by Crippen LogP contribution is -2.41. The largest absolute Gasteiger partial charge is 0.326 e. The van der Waals surface area contributed by atoms with Gasteiger partial charge in [-0.3, -0.25) is 9.59 Å². The van der Waals surface area contributed by atoms with Gasteiger partial charge in [-0.1, -0.05) is 19.9 Å². The topological polar surface area (TPSA) is 95.6 Å². The van der Waals surface area contributed by atoms with Crippen molar-refractivity contribution in [2.45, 2.75) is 37.3 Å². The molecule has 1 aromatic heterocycles. The summed E-state index contributed by atoms with van der Waals surface area (Å²) in [6.45, 7) is 4.64. The summed E-state index contributed by atoms with van der Waals surface area (Å²) in [6, 6.07) is 10.3. The van der Waals surface area contributed by atoms with Gasteiger partial charge in [0.25, 0.3) is 10.0 Å². The Kier molecular flexibility index (Phi) is 7.27. The molecule has 1 saturated heterocycles. The van der Waals surface area contributed by atoms with Crippen LogP contribution in [0.3, 0.4) is 0 Å².